The van der Waals surface area contributed by atoms with Crippen molar-refractivity contribution in [2.45, 2.75) is 31.9 Å². The molecular formula is C7H14FN. The highest BCUT2D eigenvalue weighted by molar-refractivity contribution is 4.82. The van der Waals surface area contributed by atoms with Crippen LogP contribution in [-0.2, 0) is 0 Å². The molecule has 0 atom stereocenters. The van der Waals surface area contributed by atoms with Crippen LogP contribution in [0.25, 0.3) is 0 Å². The fraction of sp³-hybridized carbons (Fsp3) is 1.00. The van der Waals surface area contributed by atoms with Crippen molar-refractivity contribution < 1.29 is 4.39 Å². The highest BCUT2D eigenvalue weighted by Gasteiger charge is 2.28. The zero-order valence-electron chi connectivity index (χ0n) is 5.91. The largest absolute Gasteiger partial charge is 0.316 e. The molecule has 0 saturated carbocycles. The Hall–Kier alpha value is -0.110. The van der Waals surface area contributed by atoms with Crippen LogP contribution >= 0.6 is 0 Å². The van der Waals surface area contributed by atoms with E-state index >= 15 is 0 Å². The Kier molecular flexibility index (Phi) is 2.06. The predicted octanol–water partition coefficient (Wildman–Crippen LogP) is 1.49. The van der Waals surface area contributed by atoms with Crippen molar-refractivity contribution in [2.75, 3.05) is 13.1 Å². The molecule has 0 aromatic carbocycles. The summed E-state index contributed by atoms with van der Waals surface area (Å²) in [4.78, 5) is 0. The Balaban J connectivity index is 2.37. The minimum atomic E-state index is -0.842. The van der Waals surface area contributed by atoms with Crippen molar-refractivity contribution in [3.05, 3.63) is 0 Å². The van der Waals surface area contributed by atoms with Gasteiger partial charge in [0.25, 0.3) is 0 Å². The van der Waals surface area contributed by atoms with Crippen molar-refractivity contribution >= 4 is 0 Å². The van der Waals surface area contributed by atoms with Gasteiger partial charge in [-0.25, -0.2) is 4.39 Å². The zero-order valence-corrected chi connectivity index (χ0v) is 5.91. The number of nitrogens with one attached hydrogen (secondary N) is 1. The summed E-state index contributed by atoms with van der Waals surface area (Å²) in [7, 11) is 0. The predicted molar refractivity (Wildman–Crippen MR) is 36.2 cm³/mol. The molecule has 1 N–H and O–H groups in total. The summed E-state index contributed by atoms with van der Waals surface area (Å²) in [6, 6.07) is 0. The summed E-state index contributed by atoms with van der Waals surface area (Å²) in [5.41, 5.74) is -0.842. The molecule has 1 aliphatic rings. The molecule has 1 rings (SSSR count). The minimum Gasteiger partial charge on any atom is -0.316 e. The quantitative estimate of drug-likeness (QED) is 0.568. The average molecular weight is 131 g/mol. The Morgan fingerprint density at radius 3 is 2.33 bits per heavy atom. The molecule has 0 unspecified atom stereocenters. The van der Waals surface area contributed by atoms with E-state index in [4.69, 9.17) is 0 Å². The van der Waals surface area contributed by atoms with E-state index in [1.165, 1.54) is 0 Å². The van der Waals surface area contributed by atoms with Crippen molar-refractivity contribution in [2.24, 2.45) is 0 Å². The monoisotopic (exact) mass is 131 g/mol. The van der Waals surface area contributed by atoms with Gasteiger partial charge in [-0.1, -0.05) is 6.92 Å². The summed E-state index contributed by atoms with van der Waals surface area (Å²) in [6.45, 7) is 3.62. The molecule has 0 aromatic heterocycles. The van der Waals surface area contributed by atoms with E-state index in [0.717, 1.165) is 13.1 Å². The Bertz CT molecular complexity index is 86.9. The SMILES string of the molecule is CCC1(F)CCNCC1. The second-order valence-electron chi connectivity index (χ2n) is 2.75. The minimum absolute atomic E-state index is 0.675. The Labute approximate surface area is 55.6 Å². The molecule has 9 heavy (non-hydrogen) atoms. The van der Waals surface area contributed by atoms with Crippen LogP contribution in [0.2, 0.25) is 0 Å². The van der Waals surface area contributed by atoms with E-state index in [0.29, 0.717) is 19.3 Å². The fourth-order valence-electron chi connectivity index (χ4n) is 1.23. The number of piperidine rings is 1. The van der Waals surface area contributed by atoms with Gasteiger partial charge in [0.15, 0.2) is 0 Å². The maximum Gasteiger partial charge on any atom is 0.113 e. The maximum atomic E-state index is 13.3. The Morgan fingerprint density at radius 1 is 1.44 bits per heavy atom. The normalized spacial score (nSPS) is 26.0. The van der Waals surface area contributed by atoms with Gasteiger partial charge in [0.2, 0.25) is 0 Å². The van der Waals surface area contributed by atoms with Crippen molar-refractivity contribution in [3.63, 3.8) is 0 Å². The smallest absolute Gasteiger partial charge is 0.113 e. The number of halogens is 1. The van der Waals surface area contributed by atoms with E-state index in [9.17, 15) is 4.39 Å². The lowest BCUT2D eigenvalue weighted by atomic mass is 9.92. The molecule has 0 radical (unpaired) electrons. The molecule has 1 nitrogen and oxygen atoms in total. The molecule has 54 valence electrons. The molecule has 0 spiro atoms. The average Bonchev–Trinajstić information content (AvgIpc) is 1.90. The molecule has 1 saturated heterocycles. The van der Waals surface area contributed by atoms with Gasteiger partial charge in [0, 0.05) is 0 Å². The molecule has 2 heteroatoms. The van der Waals surface area contributed by atoms with Gasteiger partial charge in [0.1, 0.15) is 5.67 Å². The molecular weight excluding hydrogens is 117 g/mol. The van der Waals surface area contributed by atoms with Gasteiger partial charge in [-0.2, -0.15) is 0 Å². The van der Waals surface area contributed by atoms with E-state index in [2.05, 4.69) is 5.32 Å². The van der Waals surface area contributed by atoms with E-state index in [1.807, 2.05) is 6.92 Å². The second-order valence-corrected chi connectivity index (χ2v) is 2.75. The summed E-state index contributed by atoms with van der Waals surface area (Å²) >= 11 is 0. The first-order valence-electron chi connectivity index (χ1n) is 3.66. The lowest BCUT2D eigenvalue weighted by Crippen LogP contribution is -2.37. The molecule has 0 bridgehead atoms. The van der Waals surface area contributed by atoms with Crippen molar-refractivity contribution in [3.8, 4) is 0 Å². The van der Waals surface area contributed by atoms with Crippen LogP contribution in [0.15, 0.2) is 0 Å². The van der Waals surface area contributed by atoms with E-state index < -0.39 is 5.67 Å². The van der Waals surface area contributed by atoms with E-state index in [1.54, 1.807) is 0 Å². The highest BCUT2D eigenvalue weighted by atomic mass is 19.1. The van der Waals surface area contributed by atoms with Crippen LogP contribution in [0.3, 0.4) is 0 Å². The van der Waals surface area contributed by atoms with Crippen LogP contribution in [0, 0.1) is 0 Å². The molecule has 1 fully saturated rings. The zero-order chi connectivity index (χ0) is 6.74. The first-order chi connectivity index (χ1) is 4.27. The maximum absolute atomic E-state index is 13.3. The van der Waals surface area contributed by atoms with Crippen molar-refractivity contribution in [1.29, 1.82) is 0 Å². The van der Waals surface area contributed by atoms with Gasteiger partial charge in [-0.3, -0.25) is 0 Å². The molecule has 0 aromatic rings. The first-order valence-corrected chi connectivity index (χ1v) is 3.66. The van der Waals surface area contributed by atoms with Crippen LogP contribution in [0.4, 0.5) is 4.39 Å². The summed E-state index contributed by atoms with van der Waals surface area (Å²) in [5.74, 6) is 0. The fourth-order valence-corrected chi connectivity index (χ4v) is 1.23. The standard InChI is InChI=1S/C7H14FN/c1-2-7(8)3-5-9-6-4-7/h9H,2-6H2,1H3. The first kappa shape index (κ1) is 7.00. The molecule has 0 aliphatic carbocycles. The molecule has 0 amide bonds. The number of hydrogen-bond acceptors (Lipinski definition) is 1. The summed E-state index contributed by atoms with van der Waals surface area (Å²) in [6.07, 6.45) is 2.07. The molecule has 1 heterocycles. The second kappa shape index (κ2) is 2.65. The number of alkyl halides is 1. The van der Waals surface area contributed by atoms with Gasteiger partial charge < -0.3 is 5.32 Å². The third-order valence-corrected chi connectivity index (χ3v) is 2.13. The van der Waals surface area contributed by atoms with E-state index in [-0.39, 0.29) is 0 Å². The van der Waals surface area contributed by atoms with Gasteiger partial charge >= 0.3 is 0 Å². The van der Waals surface area contributed by atoms with Gasteiger partial charge in [0.05, 0.1) is 0 Å². The summed E-state index contributed by atoms with van der Waals surface area (Å²) in [5, 5.41) is 3.13. The van der Waals surface area contributed by atoms with Gasteiger partial charge in [-0.15, -0.1) is 0 Å². The molecule has 1 aliphatic heterocycles. The van der Waals surface area contributed by atoms with Crippen LogP contribution in [-0.4, -0.2) is 18.8 Å². The highest BCUT2D eigenvalue weighted by Crippen LogP contribution is 2.25. The third kappa shape index (κ3) is 1.65. The van der Waals surface area contributed by atoms with Crippen LogP contribution in [0.5, 0.6) is 0 Å². The lowest BCUT2D eigenvalue weighted by Gasteiger charge is -2.28. The van der Waals surface area contributed by atoms with Crippen LogP contribution < -0.4 is 5.32 Å². The Morgan fingerprint density at radius 2 is 2.00 bits per heavy atom. The van der Waals surface area contributed by atoms with Crippen LogP contribution in [0.1, 0.15) is 26.2 Å². The van der Waals surface area contributed by atoms with Gasteiger partial charge in [-0.05, 0) is 32.4 Å². The topological polar surface area (TPSA) is 12.0 Å². The number of rotatable bonds is 1. The third-order valence-electron chi connectivity index (χ3n) is 2.13. The number of hydrogen-bond donors (Lipinski definition) is 1. The lowest BCUT2D eigenvalue weighted by molar-refractivity contribution is 0.111. The van der Waals surface area contributed by atoms with Crippen molar-refractivity contribution in [1.82, 2.24) is 5.32 Å². The summed E-state index contributed by atoms with van der Waals surface area (Å²) < 4.78 is 13.3.